The summed E-state index contributed by atoms with van der Waals surface area (Å²) in [5.74, 6) is 1.86. The zero-order valence-corrected chi connectivity index (χ0v) is 15.7. The van der Waals surface area contributed by atoms with Gasteiger partial charge in [0.05, 0.1) is 12.6 Å². The number of rotatable bonds is 6. The molecule has 0 aliphatic carbocycles. The standard InChI is InChI=1S/C19H20ClN5O2/c1-3-27-16-10-8-15(9-11-16)22-19(26)21-12(2)17-23-18(25-24-17)13-4-6-14(20)7-5-13/h4-12H,3H2,1-2H3,(H2,21,22,26)(H,23,24,25)/t12-/m0/s1. The SMILES string of the molecule is CCOc1ccc(NC(=O)N[C@@H](C)c2nc(-c3ccc(Cl)cc3)n[nH]2)cc1. The van der Waals surface area contributed by atoms with E-state index in [4.69, 9.17) is 16.3 Å². The molecule has 0 unspecified atom stereocenters. The van der Waals surface area contributed by atoms with Gasteiger partial charge in [0.1, 0.15) is 11.6 Å². The molecule has 1 heterocycles. The molecule has 8 heteroatoms. The third-order valence-electron chi connectivity index (χ3n) is 3.79. The lowest BCUT2D eigenvalue weighted by Crippen LogP contribution is -2.31. The molecule has 7 nitrogen and oxygen atoms in total. The van der Waals surface area contributed by atoms with Crippen molar-refractivity contribution in [1.82, 2.24) is 20.5 Å². The van der Waals surface area contributed by atoms with Crippen LogP contribution in [0.15, 0.2) is 48.5 Å². The van der Waals surface area contributed by atoms with Gasteiger partial charge in [0, 0.05) is 16.3 Å². The minimum absolute atomic E-state index is 0.337. The van der Waals surface area contributed by atoms with E-state index in [0.717, 1.165) is 11.3 Å². The minimum Gasteiger partial charge on any atom is -0.494 e. The number of hydrogen-bond donors (Lipinski definition) is 3. The van der Waals surface area contributed by atoms with E-state index >= 15 is 0 Å². The van der Waals surface area contributed by atoms with E-state index in [-0.39, 0.29) is 12.1 Å². The summed E-state index contributed by atoms with van der Waals surface area (Å²) in [6.07, 6.45) is 0. The van der Waals surface area contributed by atoms with Gasteiger partial charge in [-0.05, 0) is 62.4 Å². The Labute approximate surface area is 162 Å². The lowest BCUT2D eigenvalue weighted by atomic mass is 10.2. The maximum Gasteiger partial charge on any atom is 0.319 e. The highest BCUT2D eigenvalue weighted by Gasteiger charge is 2.15. The van der Waals surface area contributed by atoms with E-state index in [9.17, 15) is 4.79 Å². The fourth-order valence-electron chi connectivity index (χ4n) is 2.43. The summed E-state index contributed by atoms with van der Waals surface area (Å²) in [6, 6.07) is 13.7. The van der Waals surface area contributed by atoms with Crippen molar-refractivity contribution >= 4 is 23.3 Å². The van der Waals surface area contributed by atoms with Crippen molar-refractivity contribution in [3.63, 3.8) is 0 Å². The van der Waals surface area contributed by atoms with Gasteiger partial charge in [0.25, 0.3) is 0 Å². The van der Waals surface area contributed by atoms with Gasteiger partial charge >= 0.3 is 6.03 Å². The quantitative estimate of drug-likeness (QED) is 0.586. The number of aromatic nitrogens is 3. The van der Waals surface area contributed by atoms with Crippen molar-refractivity contribution < 1.29 is 9.53 Å². The second-order valence-corrected chi connectivity index (χ2v) is 6.27. The Kier molecular flexibility index (Phi) is 5.93. The van der Waals surface area contributed by atoms with Crippen LogP contribution in [-0.4, -0.2) is 27.8 Å². The predicted molar refractivity (Wildman–Crippen MR) is 105 cm³/mol. The second-order valence-electron chi connectivity index (χ2n) is 5.83. The molecule has 0 saturated heterocycles. The number of anilines is 1. The summed E-state index contributed by atoms with van der Waals surface area (Å²) in [7, 11) is 0. The molecule has 27 heavy (non-hydrogen) atoms. The Balaban J connectivity index is 1.59. The average molecular weight is 386 g/mol. The smallest absolute Gasteiger partial charge is 0.319 e. The molecule has 0 radical (unpaired) electrons. The number of halogens is 1. The number of urea groups is 1. The Morgan fingerprint density at radius 2 is 1.89 bits per heavy atom. The molecule has 0 aliphatic heterocycles. The molecule has 0 spiro atoms. The summed E-state index contributed by atoms with van der Waals surface area (Å²) >= 11 is 5.89. The molecule has 0 saturated carbocycles. The Hall–Kier alpha value is -3.06. The highest BCUT2D eigenvalue weighted by molar-refractivity contribution is 6.30. The van der Waals surface area contributed by atoms with Crippen molar-refractivity contribution in [1.29, 1.82) is 0 Å². The molecule has 140 valence electrons. The Morgan fingerprint density at radius 1 is 1.19 bits per heavy atom. The van der Waals surface area contributed by atoms with Gasteiger partial charge < -0.3 is 15.4 Å². The van der Waals surface area contributed by atoms with E-state index in [1.807, 2.05) is 26.0 Å². The van der Waals surface area contributed by atoms with E-state index < -0.39 is 0 Å². The van der Waals surface area contributed by atoms with Gasteiger partial charge in [-0.25, -0.2) is 9.78 Å². The lowest BCUT2D eigenvalue weighted by molar-refractivity contribution is 0.249. The molecular weight excluding hydrogens is 366 g/mol. The van der Waals surface area contributed by atoms with Crippen LogP contribution in [-0.2, 0) is 0 Å². The zero-order chi connectivity index (χ0) is 19.2. The summed E-state index contributed by atoms with van der Waals surface area (Å²) < 4.78 is 5.38. The number of hydrogen-bond acceptors (Lipinski definition) is 4. The molecule has 3 aromatic rings. The molecule has 2 amide bonds. The van der Waals surface area contributed by atoms with Crippen molar-refractivity contribution in [3.05, 3.63) is 59.4 Å². The van der Waals surface area contributed by atoms with Gasteiger partial charge in [0.15, 0.2) is 5.82 Å². The number of nitrogens with one attached hydrogen (secondary N) is 3. The first-order chi connectivity index (χ1) is 13.0. The van der Waals surface area contributed by atoms with Crippen LogP contribution in [0.3, 0.4) is 0 Å². The van der Waals surface area contributed by atoms with E-state index in [1.54, 1.807) is 36.4 Å². The number of carbonyl (C=O) groups is 1. The largest absolute Gasteiger partial charge is 0.494 e. The predicted octanol–water partition coefficient (Wildman–Crippen LogP) is 4.41. The number of benzene rings is 2. The highest BCUT2D eigenvalue weighted by Crippen LogP contribution is 2.20. The summed E-state index contributed by atoms with van der Waals surface area (Å²) in [5, 5.41) is 13.3. The summed E-state index contributed by atoms with van der Waals surface area (Å²) in [5.41, 5.74) is 1.51. The Morgan fingerprint density at radius 3 is 2.56 bits per heavy atom. The fourth-order valence-corrected chi connectivity index (χ4v) is 2.56. The molecule has 3 N–H and O–H groups in total. The number of carbonyl (C=O) groups excluding carboxylic acids is 1. The van der Waals surface area contributed by atoms with Gasteiger partial charge in [0.2, 0.25) is 0 Å². The van der Waals surface area contributed by atoms with Crippen LogP contribution in [0.1, 0.15) is 25.7 Å². The van der Waals surface area contributed by atoms with Crippen molar-refractivity contribution in [2.24, 2.45) is 0 Å². The third kappa shape index (κ3) is 4.98. The molecule has 1 aromatic heterocycles. The van der Waals surface area contributed by atoms with Gasteiger partial charge in [-0.15, -0.1) is 0 Å². The van der Waals surface area contributed by atoms with Crippen LogP contribution < -0.4 is 15.4 Å². The van der Waals surface area contributed by atoms with Crippen LogP contribution in [0, 0.1) is 0 Å². The van der Waals surface area contributed by atoms with Gasteiger partial charge in [-0.1, -0.05) is 11.6 Å². The van der Waals surface area contributed by atoms with Crippen LogP contribution in [0.5, 0.6) is 5.75 Å². The molecule has 3 rings (SSSR count). The average Bonchev–Trinajstić information content (AvgIpc) is 3.14. The maximum atomic E-state index is 12.2. The van der Waals surface area contributed by atoms with Gasteiger partial charge in [-0.3, -0.25) is 5.10 Å². The molecule has 1 atom stereocenters. The van der Waals surface area contributed by atoms with Crippen LogP contribution in [0.4, 0.5) is 10.5 Å². The molecule has 0 fully saturated rings. The number of H-pyrrole nitrogens is 1. The van der Waals surface area contributed by atoms with E-state index in [0.29, 0.717) is 29.0 Å². The fraction of sp³-hybridized carbons (Fsp3) is 0.211. The van der Waals surface area contributed by atoms with Crippen molar-refractivity contribution in [3.8, 4) is 17.1 Å². The van der Waals surface area contributed by atoms with Crippen molar-refractivity contribution in [2.45, 2.75) is 19.9 Å². The monoisotopic (exact) mass is 385 g/mol. The zero-order valence-electron chi connectivity index (χ0n) is 15.0. The normalized spacial score (nSPS) is 11.7. The number of aromatic amines is 1. The first-order valence-electron chi connectivity index (χ1n) is 8.53. The topological polar surface area (TPSA) is 91.9 Å². The molecule has 2 aromatic carbocycles. The first kappa shape index (κ1) is 18.7. The van der Waals surface area contributed by atoms with Crippen LogP contribution in [0.25, 0.3) is 11.4 Å². The second kappa shape index (κ2) is 8.55. The number of ether oxygens (including phenoxy) is 1. The first-order valence-corrected chi connectivity index (χ1v) is 8.91. The Bertz CT molecular complexity index is 893. The minimum atomic E-state index is -0.346. The molecule has 0 aliphatic rings. The molecule has 0 bridgehead atoms. The highest BCUT2D eigenvalue weighted by atomic mass is 35.5. The summed E-state index contributed by atoms with van der Waals surface area (Å²) in [4.78, 5) is 16.6. The van der Waals surface area contributed by atoms with Crippen LogP contribution in [0.2, 0.25) is 5.02 Å². The van der Waals surface area contributed by atoms with E-state index in [2.05, 4.69) is 25.8 Å². The summed E-state index contributed by atoms with van der Waals surface area (Å²) in [6.45, 7) is 4.34. The lowest BCUT2D eigenvalue weighted by Gasteiger charge is -2.12. The third-order valence-corrected chi connectivity index (χ3v) is 4.04. The number of amides is 2. The maximum absolute atomic E-state index is 12.2. The van der Waals surface area contributed by atoms with Crippen molar-refractivity contribution in [2.75, 3.05) is 11.9 Å². The van der Waals surface area contributed by atoms with E-state index in [1.165, 1.54) is 0 Å². The van der Waals surface area contributed by atoms with Crippen LogP contribution >= 0.6 is 11.6 Å². The number of nitrogens with zero attached hydrogens (tertiary/aromatic N) is 2. The van der Waals surface area contributed by atoms with Gasteiger partial charge in [-0.2, -0.15) is 5.10 Å². The molecular formula is C19H20ClN5O2.